The van der Waals surface area contributed by atoms with Crippen LogP contribution in [0.25, 0.3) is 0 Å². The predicted molar refractivity (Wildman–Crippen MR) is 60.7 cm³/mol. The molecule has 0 saturated heterocycles. The molecular formula is C9H8BrN3O2. The second kappa shape index (κ2) is 4.75. The maximum absolute atomic E-state index is 10.7. The van der Waals surface area contributed by atoms with Crippen molar-refractivity contribution >= 4 is 27.4 Å². The maximum Gasteiger partial charge on any atom is 0.312 e. The number of halogens is 1. The third-order valence-corrected chi connectivity index (χ3v) is 2.13. The molecular weight excluding hydrogens is 262 g/mol. The Morgan fingerprint density at radius 2 is 2.47 bits per heavy atom. The molecule has 0 aliphatic heterocycles. The van der Waals surface area contributed by atoms with Crippen LogP contribution in [-0.2, 0) is 0 Å². The Balaban J connectivity index is 3.17. The minimum Gasteiger partial charge on any atom is -0.343 e. The fourth-order valence-electron chi connectivity index (χ4n) is 1.06. The summed E-state index contributed by atoms with van der Waals surface area (Å²) in [5.74, 6) is 2.66. The van der Waals surface area contributed by atoms with Crippen molar-refractivity contribution in [1.82, 2.24) is 4.98 Å². The largest absolute Gasteiger partial charge is 0.343 e. The highest BCUT2D eigenvalue weighted by atomic mass is 79.9. The van der Waals surface area contributed by atoms with E-state index in [9.17, 15) is 10.1 Å². The number of pyridine rings is 1. The van der Waals surface area contributed by atoms with E-state index in [-0.39, 0.29) is 18.1 Å². The Morgan fingerprint density at radius 1 is 1.80 bits per heavy atom. The van der Waals surface area contributed by atoms with Gasteiger partial charge in [0, 0.05) is 23.8 Å². The van der Waals surface area contributed by atoms with Crippen LogP contribution in [0.3, 0.4) is 0 Å². The molecule has 78 valence electrons. The van der Waals surface area contributed by atoms with Gasteiger partial charge in [-0.1, -0.05) is 5.92 Å². The molecule has 1 heterocycles. The van der Waals surface area contributed by atoms with Crippen molar-refractivity contribution in [2.24, 2.45) is 0 Å². The average molecular weight is 270 g/mol. The van der Waals surface area contributed by atoms with Crippen LogP contribution < -0.4 is 4.90 Å². The molecule has 0 radical (unpaired) electrons. The Bertz CT molecular complexity index is 428. The van der Waals surface area contributed by atoms with Crippen LogP contribution in [-0.4, -0.2) is 23.5 Å². The summed E-state index contributed by atoms with van der Waals surface area (Å²) >= 11 is 3.13. The van der Waals surface area contributed by atoms with Gasteiger partial charge in [-0.3, -0.25) is 10.1 Å². The highest BCUT2D eigenvalue weighted by Gasteiger charge is 2.18. The highest BCUT2D eigenvalue weighted by molar-refractivity contribution is 9.10. The zero-order chi connectivity index (χ0) is 11.4. The Morgan fingerprint density at radius 3 is 3.00 bits per heavy atom. The van der Waals surface area contributed by atoms with Crippen LogP contribution in [0.15, 0.2) is 16.7 Å². The molecule has 0 saturated carbocycles. The second-order valence-electron chi connectivity index (χ2n) is 2.81. The second-order valence-corrected chi connectivity index (χ2v) is 3.73. The topological polar surface area (TPSA) is 59.3 Å². The first-order chi connectivity index (χ1) is 7.06. The molecule has 0 bridgehead atoms. The summed E-state index contributed by atoms with van der Waals surface area (Å²) in [5.41, 5.74) is -0.0675. The smallest absolute Gasteiger partial charge is 0.312 e. The van der Waals surface area contributed by atoms with Crippen molar-refractivity contribution in [3.05, 3.63) is 26.9 Å². The molecule has 6 heteroatoms. The number of aromatic nitrogens is 1. The molecule has 5 nitrogen and oxygen atoms in total. The molecule has 0 spiro atoms. The van der Waals surface area contributed by atoms with Crippen LogP contribution in [0, 0.1) is 22.5 Å². The first kappa shape index (κ1) is 11.5. The Labute approximate surface area is 95.4 Å². The van der Waals surface area contributed by atoms with Crippen LogP contribution in [0.5, 0.6) is 0 Å². The van der Waals surface area contributed by atoms with Crippen molar-refractivity contribution in [3.63, 3.8) is 0 Å². The van der Waals surface area contributed by atoms with E-state index in [1.54, 1.807) is 11.9 Å². The highest BCUT2D eigenvalue weighted by Crippen LogP contribution is 2.27. The van der Waals surface area contributed by atoms with Crippen molar-refractivity contribution < 1.29 is 4.92 Å². The van der Waals surface area contributed by atoms with Gasteiger partial charge in [-0.2, -0.15) is 0 Å². The van der Waals surface area contributed by atoms with Crippen LogP contribution in [0.2, 0.25) is 0 Å². The standard InChI is InChI=1S/C9H8BrN3O2/c1-3-4-12(2)9-8(13(14)15)5-7(10)6-11-9/h1,5-6H,4H2,2H3. The predicted octanol–water partition coefficient (Wildman–Crippen LogP) is 1.82. The first-order valence-electron chi connectivity index (χ1n) is 4.00. The molecule has 1 aromatic rings. The number of nitrogens with zero attached hydrogens (tertiary/aromatic N) is 3. The molecule has 1 aromatic heterocycles. The average Bonchev–Trinajstić information content (AvgIpc) is 2.17. The van der Waals surface area contributed by atoms with Gasteiger partial charge in [-0.25, -0.2) is 4.98 Å². The molecule has 0 N–H and O–H groups in total. The summed E-state index contributed by atoms with van der Waals surface area (Å²) in [6, 6.07) is 1.40. The molecule has 0 aliphatic rings. The van der Waals surface area contributed by atoms with E-state index < -0.39 is 4.92 Å². The third kappa shape index (κ3) is 2.67. The molecule has 1 rings (SSSR count). The van der Waals surface area contributed by atoms with Gasteiger partial charge in [0.1, 0.15) is 0 Å². The minimum atomic E-state index is -0.486. The molecule has 15 heavy (non-hydrogen) atoms. The monoisotopic (exact) mass is 269 g/mol. The SMILES string of the molecule is C#CCN(C)c1ncc(Br)cc1[N+](=O)[O-]. The zero-order valence-corrected chi connectivity index (χ0v) is 9.56. The Hall–Kier alpha value is -1.61. The van der Waals surface area contributed by atoms with E-state index >= 15 is 0 Å². The van der Waals surface area contributed by atoms with E-state index in [2.05, 4.69) is 26.8 Å². The summed E-state index contributed by atoms with van der Waals surface area (Å²) in [6.45, 7) is 0.273. The summed E-state index contributed by atoms with van der Waals surface area (Å²) in [5, 5.41) is 10.7. The maximum atomic E-state index is 10.7. The normalized spacial score (nSPS) is 9.40. The lowest BCUT2D eigenvalue weighted by Crippen LogP contribution is -2.19. The van der Waals surface area contributed by atoms with Gasteiger partial charge in [0.05, 0.1) is 11.5 Å². The number of nitro groups is 1. The van der Waals surface area contributed by atoms with Gasteiger partial charge < -0.3 is 4.90 Å². The summed E-state index contributed by atoms with van der Waals surface area (Å²) in [4.78, 5) is 15.8. The first-order valence-corrected chi connectivity index (χ1v) is 4.80. The third-order valence-electron chi connectivity index (χ3n) is 1.70. The number of hydrogen-bond donors (Lipinski definition) is 0. The zero-order valence-electron chi connectivity index (χ0n) is 7.98. The number of terminal acetylenes is 1. The number of hydrogen-bond acceptors (Lipinski definition) is 4. The van der Waals surface area contributed by atoms with Gasteiger partial charge in [0.2, 0.25) is 5.82 Å². The van der Waals surface area contributed by atoms with Crippen molar-refractivity contribution in [2.75, 3.05) is 18.5 Å². The van der Waals surface area contributed by atoms with Gasteiger partial charge in [0.25, 0.3) is 0 Å². The number of anilines is 1. The summed E-state index contributed by atoms with van der Waals surface area (Å²) in [6.07, 6.45) is 6.62. The molecule has 0 fully saturated rings. The molecule has 0 atom stereocenters. The summed E-state index contributed by atoms with van der Waals surface area (Å²) < 4.78 is 0.562. The van der Waals surface area contributed by atoms with Crippen molar-refractivity contribution in [1.29, 1.82) is 0 Å². The van der Waals surface area contributed by atoms with Crippen molar-refractivity contribution in [3.8, 4) is 12.3 Å². The molecule has 0 unspecified atom stereocenters. The van der Waals surface area contributed by atoms with E-state index in [0.717, 1.165) is 0 Å². The minimum absolute atomic E-state index is 0.0675. The van der Waals surface area contributed by atoms with E-state index in [1.807, 2.05) is 0 Å². The lowest BCUT2D eigenvalue weighted by atomic mass is 10.3. The van der Waals surface area contributed by atoms with Gasteiger partial charge in [-0.05, 0) is 15.9 Å². The van der Waals surface area contributed by atoms with E-state index in [0.29, 0.717) is 4.47 Å². The quantitative estimate of drug-likeness (QED) is 0.477. The molecule has 0 aliphatic carbocycles. The van der Waals surface area contributed by atoms with E-state index in [1.165, 1.54) is 12.3 Å². The van der Waals surface area contributed by atoms with Crippen LogP contribution in [0.1, 0.15) is 0 Å². The lowest BCUT2D eigenvalue weighted by Gasteiger charge is -2.14. The lowest BCUT2D eigenvalue weighted by molar-refractivity contribution is -0.384. The van der Waals surface area contributed by atoms with Crippen molar-refractivity contribution in [2.45, 2.75) is 0 Å². The van der Waals surface area contributed by atoms with E-state index in [4.69, 9.17) is 6.42 Å². The Kier molecular flexibility index (Phi) is 3.63. The fraction of sp³-hybridized carbons (Fsp3) is 0.222. The van der Waals surface area contributed by atoms with Gasteiger partial charge >= 0.3 is 5.69 Å². The van der Waals surface area contributed by atoms with Crippen LogP contribution >= 0.6 is 15.9 Å². The van der Waals surface area contributed by atoms with Crippen LogP contribution in [0.4, 0.5) is 11.5 Å². The van der Waals surface area contributed by atoms with Gasteiger partial charge in [0.15, 0.2) is 0 Å². The summed E-state index contributed by atoms with van der Waals surface area (Å²) in [7, 11) is 1.66. The molecule has 0 amide bonds. The molecule has 0 aromatic carbocycles. The number of rotatable bonds is 3. The fourth-order valence-corrected chi connectivity index (χ4v) is 1.38. The van der Waals surface area contributed by atoms with Gasteiger partial charge in [-0.15, -0.1) is 6.42 Å².